The van der Waals surface area contributed by atoms with Crippen molar-refractivity contribution in [2.75, 3.05) is 4.90 Å². The maximum Gasteiger partial charge on any atom is 0.227 e. The Hall–Kier alpha value is -1.67. The van der Waals surface area contributed by atoms with Gasteiger partial charge in [0.1, 0.15) is 11.8 Å². The molecule has 0 aromatic carbocycles. The van der Waals surface area contributed by atoms with Crippen molar-refractivity contribution in [1.29, 1.82) is 5.26 Å². The molecular formula is C13H17N5. The van der Waals surface area contributed by atoms with Gasteiger partial charge < -0.3 is 10.6 Å². The lowest BCUT2D eigenvalue weighted by atomic mass is 9.99. The van der Waals surface area contributed by atoms with Crippen LogP contribution in [0.5, 0.6) is 0 Å². The molecule has 0 radical (unpaired) electrons. The number of nitrogens with two attached hydrogens (primary N) is 1. The van der Waals surface area contributed by atoms with Crippen LogP contribution in [0, 0.1) is 18.3 Å². The summed E-state index contributed by atoms with van der Waals surface area (Å²) >= 11 is 0. The highest BCUT2D eigenvalue weighted by molar-refractivity contribution is 5.41. The van der Waals surface area contributed by atoms with E-state index in [-0.39, 0.29) is 0 Å². The average molecular weight is 243 g/mol. The standard InChI is InChI=1S/C13H17N5/c1-8-4-10(7-14)17-13(16-8)18-11-2-3-12(18)6-9(15)5-11/h4,9,11-12H,2-3,5-6,15H2,1H3. The Kier molecular flexibility index (Phi) is 2.67. The van der Waals surface area contributed by atoms with Gasteiger partial charge in [0.2, 0.25) is 5.95 Å². The molecule has 0 amide bonds. The van der Waals surface area contributed by atoms with E-state index in [2.05, 4.69) is 20.9 Å². The molecule has 94 valence electrons. The second kappa shape index (κ2) is 4.21. The molecule has 0 saturated carbocycles. The zero-order chi connectivity index (χ0) is 12.7. The normalized spacial score (nSPS) is 30.3. The van der Waals surface area contributed by atoms with Crippen molar-refractivity contribution in [3.8, 4) is 6.07 Å². The lowest BCUT2D eigenvalue weighted by Gasteiger charge is -2.37. The summed E-state index contributed by atoms with van der Waals surface area (Å²) in [6.45, 7) is 1.91. The van der Waals surface area contributed by atoms with Gasteiger partial charge in [-0.15, -0.1) is 0 Å². The first kappa shape index (κ1) is 11.4. The fraction of sp³-hybridized carbons (Fsp3) is 0.615. The van der Waals surface area contributed by atoms with Crippen molar-refractivity contribution in [3.05, 3.63) is 17.5 Å². The van der Waals surface area contributed by atoms with Gasteiger partial charge >= 0.3 is 0 Å². The summed E-state index contributed by atoms with van der Waals surface area (Å²) in [5, 5.41) is 9.00. The Labute approximate surface area is 107 Å². The number of hydrogen-bond acceptors (Lipinski definition) is 5. The number of nitriles is 1. The zero-order valence-corrected chi connectivity index (χ0v) is 10.5. The second-order valence-electron chi connectivity index (χ2n) is 5.33. The molecule has 2 fully saturated rings. The largest absolute Gasteiger partial charge is 0.335 e. The summed E-state index contributed by atoms with van der Waals surface area (Å²) in [5.41, 5.74) is 7.37. The van der Waals surface area contributed by atoms with Gasteiger partial charge in [-0.2, -0.15) is 5.26 Å². The van der Waals surface area contributed by atoms with E-state index >= 15 is 0 Å². The highest BCUT2D eigenvalue weighted by atomic mass is 15.3. The minimum atomic E-state index is 0.305. The molecule has 2 aliphatic heterocycles. The van der Waals surface area contributed by atoms with Gasteiger partial charge in [-0.25, -0.2) is 9.97 Å². The summed E-state index contributed by atoms with van der Waals surface area (Å²) in [7, 11) is 0. The molecule has 5 heteroatoms. The Bertz CT molecular complexity index is 493. The van der Waals surface area contributed by atoms with E-state index in [1.165, 1.54) is 0 Å². The summed E-state index contributed by atoms with van der Waals surface area (Å²) < 4.78 is 0. The molecule has 2 saturated heterocycles. The third-order valence-electron chi connectivity index (χ3n) is 3.96. The van der Waals surface area contributed by atoms with Crippen LogP contribution < -0.4 is 10.6 Å². The number of hydrogen-bond donors (Lipinski definition) is 1. The van der Waals surface area contributed by atoms with E-state index in [9.17, 15) is 0 Å². The van der Waals surface area contributed by atoms with Crippen LogP contribution in [0.3, 0.4) is 0 Å². The monoisotopic (exact) mass is 243 g/mol. The predicted molar refractivity (Wildman–Crippen MR) is 68.0 cm³/mol. The molecule has 5 nitrogen and oxygen atoms in total. The minimum absolute atomic E-state index is 0.305. The number of nitrogens with zero attached hydrogens (tertiary/aromatic N) is 4. The van der Waals surface area contributed by atoms with Crippen molar-refractivity contribution in [3.63, 3.8) is 0 Å². The Morgan fingerprint density at radius 1 is 1.33 bits per heavy atom. The number of rotatable bonds is 1. The van der Waals surface area contributed by atoms with E-state index in [1.807, 2.05) is 6.92 Å². The van der Waals surface area contributed by atoms with Gasteiger partial charge in [0, 0.05) is 23.8 Å². The molecule has 2 aliphatic rings. The summed E-state index contributed by atoms with van der Waals surface area (Å²) in [4.78, 5) is 11.1. The number of piperidine rings is 1. The smallest absolute Gasteiger partial charge is 0.227 e. The lowest BCUT2D eigenvalue weighted by molar-refractivity contribution is 0.409. The maximum atomic E-state index is 9.00. The molecule has 2 N–H and O–H groups in total. The first-order valence-corrected chi connectivity index (χ1v) is 6.47. The van der Waals surface area contributed by atoms with Crippen LogP contribution in [0.1, 0.15) is 37.1 Å². The third-order valence-corrected chi connectivity index (χ3v) is 3.96. The van der Waals surface area contributed by atoms with E-state index in [0.29, 0.717) is 29.8 Å². The van der Waals surface area contributed by atoms with Crippen LogP contribution in [-0.4, -0.2) is 28.1 Å². The number of aromatic nitrogens is 2. The first-order chi connectivity index (χ1) is 8.67. The molecule has 3 rings (SSSR count). The fourth-order valence-electron chi connectivity index (χ4n) is 3.27. The number of aryl methyl sites for hydroxylation is 1. The van der Waals surface area contributed by atoms with Crippen LogP contribution in [-0.2, 0) is 0 Å². The first-order valence-electron chi connectivity index (χ1n) is 6.47. The van der Waals surface area contributed by atoms with E-state index in [4.69, 9.17) is 11.0 Å². The van der Waals surface area contributed by atoms with E-state index < -0.39 is 0 Å². The van der Waals surface area contributed by atoms with Crippen molar-refractivity contribution < 1.29 is 0 Å². The highest BCUT2D eigenvalue weighted by Gasteiger charge is 2.41. The number of fused-ring (bicyclic) bond motifs is 2. The molecule has 2 atom stereocenters. The molecular weight excluding hydrogens is 226 g/mol. The highest BCUT2D eigenvalue weighted by Crippen LogP contribution is 2.37. The SMILES string of the molecule is Cc1cc(C#N)nc(N2C3CCC2CC(N)C3)n1. The van der Waals surface area contributed by atoms with Gasteiger partial charge in [0.15, 0.2) is 0 Å². The third kappa shape index (κ3) is 1.83. The molecule has 18 heavy (non-hydrogen) atoms. The Morgan fingerprint density at radius 3 is 2.61 bits per heavy atom. The van der Waals surface area contributed by atoms with Crippen molar-refractivity contribution in [1.82, 2.24) is 9.97 Å². The maximum absolute atomic E-state index is 9.00. The van der Waals surface area contributed by atoms with Crippen LogP contribution in [0.15, 0.2) is 6.07 Å². The quantitative estimate of drug-likeness (QED) is 0.799. The molecule has 1 aromatic rings. The van der Waals surface area contributed by atoms with Gasteiger partial charge in [-0.3, -0.25) is 0 Å². The Balaban J connectivity index is 1.96. The molecule has 3 heterocycles. The van der Waals surface area contributed by atoms with Crippen molar-refractivity contribution >= 4 is 5.95 Å². The minimum Gasteiger partial charge on any atom is -0.335 e. The molecule has 2 bridgehead atoms. The van der Waals surface area contributed by atoms with Crippen molar-refractivity contribution in [2.45, 2.75) is 50.7 Å². The van der Waals surface area contributed by atoms with Gasteiger partial charge in [0.25, 0.3) is 0 Å². The lowest BCUT2D eigenvalue weighted by Crippen LogP contribution is -2.48. The van der Waals surface area contributed by atoms with Crippen LogP contribution in [0.4, 0.5) is 5.95 Å². The van der Waals surface area contributed by atoms with Gasteiger partial charge in [0.05, 0.1) is 0 Å². The van der Waals surface area contributed by atoms with E-state index in [0.717, 1.165) is 31.4 Å². The van der Waals surface area contributed by atoms with Crippen LogP contribution >= 0.6 is 0 Å². The second-order valence-corrected chi connectivity index (χ2v) is 5.33. The molecule has 1 aromatic heterocycles. The topological polar surface area (TPSA) is 78.8 Å². The Morgan fingerprint density at radius 2 is 2.00 bits per heavy atom. The van der Waals surface area contributed by atoms with Crippen LogP contribution in [0.2, 0.25) is 0 Å². The summed E-state index contributed by atoms with van der Waals surface area (Å²) in [6.07, 6.45) is 4.35. The van der Waals surface area contributed by atoms with Gasteiger partial charge in [-0.05, 0) is 38.7 Å². The average Bonchev–Trinajstić information content (AvgIpc) is 2.61. The number of anilines is 1. The summed E-state index contributed by atoms with van der Waals surface area (Å²) in [5.74, 6) is 0.714. The van der Waals surface area contributed by atoms with Crippen molar-refractivity contribution in [2.24, 2.45) is 5.73 Å². The molecule has 2 unspecified atom stereocenters. The molecule has 0 aliphatic carbocycles. The van der Waals surface area contributed by atoms with E-state index in [1.54, 1.807) is 6.07 Å². The van der Waals surface area contributed by atoms with Gasteiger partial charge in [-0.1, -0.05) is 0 Å². The van der Waals surface area contributed by atoms with Crippen LogP contribution in [0.25, 0.3) is 0 Å². The zero-order valence-electron chi connectivity index (χ0n) is 10.5. The fourth-order valence-corrected chi connectivity index (χ4v) is 3.27. The summed E-state index contributed by atoms with van der Waals surface area (Å²) in [6, 6.07) is 5.03. The molecule has 0 spiro atoms. The predicted octanol–water partition coefficient (Wildman–Crippen LogP) is 1.12.